The Morgan fingerprint density at radius 3 is 2.29 bits per heavy atom. The van der Waals surface area contributed by atoms with Crippen LogP contribution in [0.15, 0.2) is 68.7 Å². The summed E-state index contributed by atoms with van der Waals surface area (Å²) in [6, 6.07) is 12.7. The highest BCUT2D eigenvalue weighted by atomic mass is 32.2. The molecule has 0 unspecified atom stereocenters. The van der Waals surface area contributed by atoms with Crippen molar-refractivity contribution in [2.45, 2.75) is 46.6 Å². The molecule has 2 heterocycles. The third-order valence-corrected chi connectivity index (χ3v) is 10.7. The second-order valence-electron chi connectivity index (χ2n) is 9.52. The largest absolute Gasteiger partial charge is 0.490 e. The molecule has 38 heavy (non-hydrogen) atoms. The summed E-state index contributed by atoms with van der Waals surface area (Å²) >= 11 is 1.25. The van der Waals surface area contributed by atoms with Crippen LogP contribution in [-0.2, 0) is 19.7 Å². The van der Waals surface area contributed by atoms with E-state index in [0.717, 1.165) is 31.9 Å². The first-order valence-corrected chi connectivity index (χ1v) is 16.7. The van der Waals surface area contributed by atoms with Crippen molar-refractivity contribution in [3.63, 3.8) is 0 Å². The number of thiazole rings is 1. The molecule has 2 aliphatic rings. The Kier molecular flexibility index (Phi) is 7.47. The van der Waals surface area contributed by atoms with Crippen LogP contribution in [0.1, 0.15) is 36.0 Å². The summed E-state index contributed by atoms with van der Waals surface area (Å²) < 4.78 is 56.3. The Morgan fingerprint density at radius 1 is 0.947 bits per heavy atom. The van der Waals surface area contributed by atoms with Crippen molar-refractivity contribution in [2.24, 2.45) is 0 Å². The first kappa shape index (κ1) is 26.6. The monoisotopic (exact) mass is 575 g/mol. The van der Waals surface area contributed by atoms with Gasteiger partial charge in [0.25, 0.3) is 5.91 Å². The molecule has 0 bridgehead atoms. The predicted octanol–water partition coefficient (Wildman–Crippen LogP) is 3.66. The molecule has 0 spiro atoms. The summed E-state index contributed by atoms with van der Waals surface area (Å²) in [4.78, 5) is 21.8. The molecule has 1 aliphatic heterocycles. The third-order valence-electron chi connectivity index (χ3n) is 6.84. The van der Waals surface area contributed by atoms with Crippen LogP contribution in [0.5, 0.6) is 5.75 Å². The molecule has 1 saturated heterocycles. The first-order valence-electron chi connectivity index (χ1n) is 12.4. The smallest absolute Gasteiger partial charge is 0.257 e. The molecule has 1 amide bonds. The third kappa shape index (κ3) is 5.57. The van der Waals surface area contributed by atoms with Crippen LogP contribution in [0.2, 0.25) is 0 Å². The molecule has 12 heteroatoms. The summed E-state index contributed by atoms with van der Waals surface area (Å²) in [7, 11) is -7.20. The molecular formula is C26H29N3O6S3. The van der Waals surface area contributed by atoms with Crippen LogP contribution >= 0.6 is 11.3 Å². The van der Waals surface area contributed by atoms with Gasteiger partial charge in [0.1, 0.15) is 5.75 Å². The van der Waals surface area contributed by atoms with E-state index in [0.29, 0.717) is 37.1 Å². The van der Waals surface area contributed by atoms with Crippen molar-refractivity contribution < 1.29 is 26.4 Å². The quantitative estimate of drug-likeness (QED) is 0.419. The van der Waals surface area contributed by atoms with Crippen LogP contribution in [0.3, 0.4) is 0 Å². The Hall–Kier alpha value is -2.96. The number of carbonyl (C=O) groups excluding carboxylic acids is 1. The van der Waals surface area contributed by atoms with Crippen LogP contribution in [0.4, 0.5) is 5.13 Å². The highest BCUT2D eigenvalue weighted by Gasteiger charge is 2.29. The Bertz CT molecular complexity index is 1520. The van der Waals surface area contributed by atoms with E-state index < -0.39 is 19.7 Å². The van der Waals surface area contributed by atoms with Gasteiger partial charge in [-0.15, -0.1) is 11.3 Å². The van der Waals surface area contributed by atoms with Crippen LogP contribution in [-0.4, -0.2) is 71.2 Å². The number of anilines is 1. The molecule has 1 aromatic heterocycles. The van der Waals surface area contributed by atoms with Gasteiger partial charge in [-0.25, -0.2) is 21.8 Å². The zero-order valence-electron chi connectivity index (χ0n) is 20.9. The van der Waals surface area contributed by atoms with Crippen LogP contribution in [0, 0.1) is 0 Å². The highest BCUT2D eigenvalue weighted by molar-refractivity contribution is 7.91. The fraction of sp³-hybridized carbons (Fsp3) is 0.385. The van der Waals surface area contributed by atoms with Crippen molar-refractivity contribution in [2.75, 3.05) is 37.3 Å². The van der Waals surface area contributed by atoms with E-state index in [1.165, 1.54) is 23.5 Å². The van der Waals surface area contributed by atoms with Crippen molar-refractivity contribution >= 4 is 42.1 Å². The maximum atomic E-state index is 13.5. The predicted molar refractivity (Wildman–Crippen MR) is 145 cm³/mol. The standard InChI is InChI=1S/C26H29N3O6S3/c1-37(31,32)21-11-12-23(35-19-7-5-6-8-19)22(17-21)25(30)28-13-15-29(16-14-28)26-27-24(18-36-26)38(33,34)20-9-3-2-4-10-20/h2-4,9-12,17-19H,5-8,13-16H2,1H3. The number of benzene rings is 2. The summed E-state index contributed by atoms with van der Waals surface area (Å²) in [6.07, 6.45) is 5.11. The summed E-state index contributed by atoms with van der Waals surface area (Å²) in [5.74, 6) is 0.127. The summed E-state index contributed by atoms with van der Waals surface area (Å²) in [5.41, 5.74) is 0.249. The molecule has 2 fully saturated rings. The zero-order chi connectivity index (χ0) is 26.9. The number of nitrogens with zero attached hydrogens (tertiary/aromatic N) is 3. The van der Waals surface area contributed by atoms with E-state index in [2.05, 4.69) is 4.98 Å². The fourth-order valence-corrected chi connectivity index (χ4v) is 7.77. The SMILES string of the molecule is CS(=O)(=O)c1ccc(OC2CCCC2)c(C(=O)N2CCN(c3nc(S(=O)(=O)c4ccccc4)cs3)CC2)c1. The summed E-state index contributed by atoms with van der Waals surface area (Å²) in [5, 5.41) is 2.13. The molecule has 9 nitrogen and oxygen atoms in total. The molecule has 0 atom stereocenters. The fourth-order valence-electron chi connectivity index (χ4n) is 4.71. The van der Waals surface area contributed by atoms with Crippen molar-refractivity contribution in [1.82, 2.24) is 9.88 Å². The maximum Gasteiger partial charge on any atom is 0.257 e. The van der Waals surface area contributed by atoms with Crippen molar-refractivity contribution in [3.05, 3.63) is 59.5 Å². The number of carbonyl (C=O) groups is 1. The second-order valence-corrected chi connectivity index (χ2v) is 14.3. The Balaban J connectivity index is 1.31. The van der Waals surface area contributed by atoms with E-state index >= 15 is 0 Å². The van der Waals surface area contributed by atoms with Gasteiger partial charge in [0, 0.05) is 37.8 Å². The molecule has 1 saturated carbocycles. The van der Waals surface area contributed by atoms with Gasteiger partial charge in [0.15, 0.2) is 20.0 Å². The molecule has 3 aromatic rings. The van der Waals surface area contributed by atoms with E-state index in [9.17, 15) is 21.6 Å². The average molecular weight is 576 g/mol. The van der Waals surface area contributed by atoms with Gasteiger partial charge < -0.3 is 14.5 Å². The highest BCUT2D eigenvalue weighted by Crippen LogP contribution is 2.31. The number of sulfone groups is 2. The molecule has 0 radical (unpaired) electrons. The first-order chi connectivity index (χ1) is 18.1. The number of piperazine rings is 1. The minimum Gasteiger partial charge on any atom is -0.490 e. The van der Waals surface area contributed by atoms with Gasteiger partial charge in [0.2, 0.25) is 9.84 Å². The molecule has 202 valence electrons. The molecule has 1 aliphatic carbocycles. The van der Waals surface area contributed by atoms with Gasteiger partial charge in [-0.05, 0) is 56.0 Å². The normalized spacial score (nSPS) is 17.1. The van der Waals surface area contributed by atoms with Crippen LogP contribution < -0.4 is 9.64 Å². The van der Waals surface area contributed by atoms with E-state index in [-0.39, 0.29) is 32.4 Å². The maximum absolute atomic E-state index is 13.5. The lowest BCUT2D eigenvalue weighted by molar-refractivity contribution is 0.0739. The lowest BCUT2D eigenvalue weighted by atomic mass is 10.1. The minimum atomic E-state index is -3.70. The van der Waals surface area contributed by atoms with Crippen molar-refractivity contribution in [3.8, 4) is 5.75 Å². The van der Waals surface area contributed by atoms with E-state index in [1.807, 2.05) is 4.90 Å². The minimum absolute atomic E-state index is 0.00787. The molecule has 2 aromatic carbocycles. The average Bonchev–Trinajstić information content (AvgIpc) is 3.62. The number of amides is 1. The Morgan fingerprint density at radius 2 is 1.63 bits per heavy atom. The second kappa shape index (κ2) is 10.7. The van der Waals surface area contributed by atoms with Gasteiger partial charge >= 0.3 is 0 Å². The summed E-state index contributed by atoms with van der Waals surface area (Å²) in [6.45, 7) is 1.69. The molecular weight excluding hydrogens is 547 g/mol. The molecule has 0 N–H and O–H groups in total. The topological polar surface area (TPSA) is 114 Å². The van der Waals surface area contributed by atoms with Gasteiger partial charge in [-0.3, -0.25) is 4.79 Å². The number of hydrogen-bond donors (Lipinski definition) is 0. The van der Waals surface area contributed by atoms with Crippen molar-refractivity contribution in [1.29, 1.82) is 0 Å². The number of hydrogen-bond acceptors (Lipinski definition) is 9. The van der Waals surface area contributed by atoms with E-state index in [4.69, 9.17) is 4.74 Å². The Labute approximate surface area is 226 Å². The number of ether oxygens (including phenoxy) is 1. The lowest BCUT2D eigenvalue weighted by Crippen LogP contribution is -2.49. The van der Waals surface area contributed by atoms with Crippen LogP contribution in [0.25, 0.3) is 0 Å². The lowest BCUT2D eigenvalue weighted by Gasteiger charge is -2.35. The van der Waals surface area contributed by atoms with Gasteiger partial charge in [0.05, 0.1) is 21.5 Å². The molecule has 5 rings (SSSR count). The number of aromatic nitrogens is 1. The zero-order valence-corrected chi connectivity index (χ0v) is 23.4. The van der Waals surface area contributed by atoms with E-state index in [1.54, 1.807) is 46.7 Å². The number of rotatable bonds is 7. The van der Waals surface area contributed by atoms with Gasteiger partial charge in [-0.1, -0.05) is 18.2 Å². The van der Waals surface area contributed by atoms with Gasteiger partial charge in [-0.2, -0.15) is 0 Å².